The van der Waals surface area contributed by atoms with Crippen LogP contribution in [0.25, 0.3) is 0 Å². The summed E-state index contributed by atoms with van der Waals surface area (Å²) < 4.78 is 0. The molecular weight excluding hydrogens is 324 g/mol. The second-order valence-corrected chi connectivity index (χ2v) is 8.14. The lowest BCUT2D eigenvalue weighted by atomic mass is 9.73. The lowest BCUT2D eigenvalue weighted by Crippen LogP contribution is -2.45. The Balaban J connectivity index is 1.41. The maximum absolute atomic E-state index is 12.5. The summed E-state index contributed by atoms with van der Waals surface area (Å²) in [4.78, 5) is 22.6. The van der Waals surface area contributed by atoms with E-state index in [-0.39, 0.29) is 11.0 Å². The number of nitrogens with one attached hydrogen (secondary N) is 2. The van der Waals surface area contributed by atoms with E-state index in [2.05, 4.69) is 40.3 Å². The summed E-state index contributed by atoms with van der Waals surface area (Å²) in [7, 11) is 0. The molecule has 1 aromatic heterocycles. The summed E-state index contributed by atoms with van der Waals surface area (Å²) in [5.74, 6) is 0.779. The van der Waals surface area contributed by atoms with Crippen LogP contribution in [0.3, 0.4) is 0 Å². The van der Waals surface area contributed by atoms with E-state index in [0.717, 1.165) is 75.4 Å². The third-order valence-electron chi connectivity index (χ3n) is 6.62. The first-order valence-corrected chi connectivity index (χ1v) is 9.87. The lowest BCUT2D eigenvalue weighted by molar-refractivity contribution is 0.358. The van der Waals surface area contributed by atoms with Crippen LogP contribution in [0.15, 0.2) is 23.0 Å². The number of benzene rings is 1. The SMILES string of the molecule is Cc1cccc2c1C1(CCN(c3nc4c(c(=O)[nH]3)CCCC4)CC1)CN2. The van der Waals surface area contributed by atoms with Crippen molar-refractivity contribution in [3.8, 4) is 0 Å². The average Bonchev–Trinajstić information content (AvgIpc) is 3.02. The van der Waals surface area contributed by atoms with Gasteiger partial charge >= 0.3 is 0 Å². The fourth-order valence-electron chi connectivity index (χ4n) is 5.19. The van der Waals surface area contributed by atoms with E-state index in [1.54, 1.807) is 0 Å². The average molecular weight is 350 g/mol. The number of fused-ring (bicyclic) bond motifs is 3. The molecule has 136 valence electrons. The number of rotatable bonds is 1. The Hall–Kier alpha value is -2.30. The van der Waals surface area contributed by atoms with Gasteiger partial charge in [-0.2, -0.15) is 0 Å². The molecule has 1 aromatic carbocycles. The first kappa shape index (κ1) is 15.9. The quantitative estimate of drug-likeness (QED) is 0.830. The number of hydrogen-bond acceptors (Lipinski definition) is 4. The standard InChI is InChI=1S/C21H26N4O/c1-14-5-4-8-17-18(14)21(13-22-17)9-11-25(12-10-21)20-23-16-7-3-2-6-15(16)19(26)24-20/h4-5,8,22H,2-3,6-7,9-13H2,1H3,(H,23,24,26). The Kier molecular flexibility index (Phi) is 3.59. The number of hydrogen-bond donors (Lipinski definition) is 2. The molecule has 5 heteroatoms. The molecule has 2 aromatic rings. The second kappa shape index (κ2) is 5.86. The highest BCUT2D eigenvalue weighted by Crippen LogP contribution is 2.45. The minimum atomic E-state index is 0.0775. The minimum absolute atomic E-state index is 0.0775. The van der Waals surface area contributed by atoms with Crippen LogP contribution in [0.4, 0.5) is 11.6 Å². The van der Waals surface area contributed by atoms with Crippen LogP contribution in [-0.2, 0) is 18.3 Å². The van der Waals surface area contributed by atoms with Crippen LogP contribution >= 0.6 is 0 Å². The van der Waals surface area contributed by atoms with Gasteiger partial charge in [0.15, 0.2) is 0 Å². The molecule has 26 heavy (non-hydrogen) atoms. The molecule has 2 N–H and O–H groups in total. The number of piperidine rings is 1. The van der Waals surface area contributed by atoms with Crippen molar-refractivity contribution in [3.05, 3.63) is 50.9 Å². The van der Waals surface area contributed by atoms with Gasteiger partial charge in [0, 0.05) is 36.3 Å². The molecule has 0 unspecified atom stereocenters. The summed E-state index contributed by atoms with van der Waals surface area (Å²) in [6.07, 6.45) is 6.27. The molecule has 5 nitrogen and oxygen atoms in total. The van der Waals surface area contributed by atoms with Gasteiger partial charge in [-0.1, -0.05) is 12.1 Å². The zero-order chi connectivity index (χ0) is 17.7. The summed E-state index contributed by atoms with van der Waals surface area (Å²) >= 11 is 0. The molecule has 0 amide bonds. The van der Waals surface area contributed by atoms with E-state index in [0.29, 0.717) is 0 Å². The first-order chi connectivity index (χ1) is 12.7. The molecule has 3 aliphatic rings. The van der Waals surface area contributed by atoms with E-state index in [4.69, 9.17) is 4.98 Å². The van der Waals surface area contributed by atoms with Crippen LogP contribution in [-0.4, -0.2) is 29.6 Å². The largest absolute Gasteiger partial charge is 0.384 e. The van der Waals surface area contributed by atoms with Gasteiger partial charge in [-0.25, -0.2) is 4.98 Å². The van der Waals surface area contributed by atoms with Crippen molar-refractivity contribution in [2.24, 2.45) is 0 Å². The smallest absolute Gasteiger partial charge is 0.255 e. The van der Waals surface area contributed by atoms with Gasteiger partial charge in [0.1, 0.15) is 0 Å². The van der Waals surface area contributed by atoms with Gasteiger partial charge in [0.2, 0.25) is 5.95 Å². The van der Waals surface area contributed by atoms with E-state index in [1.165, 1.54) is 16.8 Å². The highest BCUT2D eigenvalue weighted by molar-refractivity contribution is 5.63. The van der Waals surface area contributed by atoms with E-state index in [1.807, 2.05) is 0 Å². The van der Waals surface area contributed by atoms with Crippen molar-refractivity contribution in [1.82, 2.24) is 9.97 Å². The summed E-state index contributed by atoms with van der Waals surface area (Å²) in [6, 6.07) is 6.56. The molecule has 5 rings (SSSR count). The molecule has 0 radical (unpaired) electrons. The molecule has 0 atom stereocenters. The van der Waals surface area contributed by atoms with Crippen molar-refractivity contribution in [1.29, 1.82) is 0 Å². The van der Waals surface area contributed by atoms with E-state index < -0.39 is 0 Å². The van der Waals surface area contributed by atoms with Gasteiger partial charge in [-0.05, 0) is 62.6 Å². The molecule has 3 heterocycles. The van der Waals surface area contributed by atoms with Crippen LogP contribution in [0, 0.1) is 6.92 Å². The second-order valence-electron chi connectivity index (χ2n) is 8.14. The summed E-state index contributed by atoms with van der Waals surface area (Å²) in [5, 5.41) is 3.61. The van der Waals surface area contributed by atoms with Crippen molar-refractivity contribution in [2.45, 2.75) is 50.9 Å². The number of aryl methyl sites for hydroxylation is 2. The van der Waals surface area contributed by atoms with Gasteiger partial charge in [-0.3, -0.25) is 9.78 Å². The highest BCUT2D eigenvalue weighted by atomic mass is 16.1. The third-order valence-corrected chi connectivity index (χ3v) is 6.62. The number of aromatic amines is 1. The van der Waals surface area contributed by atoms with Crippen molar-refractivity contribution in [3.63, 3.8) is 0 Å². The normalized spacial score (nSPS) is 20.6. The van der Waals surface area contributed by atoms with Gasteiger partial charge in [0.05, 0.1) is 5.69 Å². The fourth-order valence-corrected chi connectivity index (χ4v) is 5.19. The highest BCUT2D eigenvalue weighted by Gasteiger charge is 2.42. The molecule has 0 bridgehead atoms. The Morgan fingerprint density at radius 3 is 2.81 bits per heavy atom. The number of anilines is 2. The molecule has 1 saturated heterocycles. The zero-order valence-electron chi connectivity index (χ0n) is 15.4. The van der Waals surface area contributed by atoms with Crippen LogP contribution < -0.4 is 15.8 Å². The third kappa shape index (κ3) is 2.37. The summed E-state index contributed by atoms with van der Waals surface area (Å²) in [6.45, 7) is 5.13. The Morgan fingerprint density at radius 1 is 1.15 bits per heavy atom. The van der Waals surface area contributed by atoms with Crippen LogP contribution in [0.2, 0.25) is 0 Å². The van der Waals surface area contributed by atoms with Gasteiger partial charge in [0.25, 0.3) is 5.56 Å². The number of H-pyrrole nitrogens is 1. The minimum Gasteiger partial charge on any atom is -0.384 e. The van der Waals surface area contributed by atoms with Crippen molar-refractivity contribution < 1.29 is 0 Å². The van der Waals surface area contributed by atoms with E-state index in [9.17, 15) is 4.79 Å². The molecule has 1 aliphatic carbocycles. The Labute approximate surface area is 153 Å². The number of nitrogens with zero attached hydrogens (tertiary/aromatic N) is 2. The summed E-state index contributed by atoms with van der Waals surface area (Å²) in [5.41, 5.74) is 6.45. The molecule has 0 saturated carbocycles. The fraction of sp³-hybridized carbons (Fsp3) is 0.524. The van der Waals surface area contributed by atoms with Crippen LogP contribution in [0.1, 0.15) is 48.1 Å². The lowest BCUT2D eigenvalue weighted by Gasteiger charge is -2.40. The molecule has 1 spiro atoms. The zero-order valence-corrected chi connectivity index (χ0v) is 15.4. The molecule has 1 fully saturated rings. The van der Waals surface area contributed by atoms with Crippen LogP contribution in [0.5, 0.6) is 0 Å². The predicted octanol–water partition coefficient (Wildman–Crippen LogP) is 2.92. The Bertz CT molecular complexity index is 909. The van der Waals surface area contributed by atoms with Gasteiger partial charge < -0.3 is 10.2 Å². The predicted molar refractivity (Wildman–Crippen MR) is 104 cm³/mol. The molecular formula is C21H26N4O. The van der Waals surface area contributed by atoms with E-state index >= 15 is 0 Å². The van der Waals surface area contributed by atoms with Crippen molar-refractivity contribution >= 4 is 11.6 Å². The maximum Gasteiger partial charge on any atom is 0.255 e. The topological polar surface area (TPSA) is 61.0 Å². The molecule has 2 aliphatic heterocycles. The monoisotopic (exact) mass is 350 g/mol. The number of aromatic nitrogens is 2. The maximum atomic E-state index is 12.5. The Morgan fingerprint density at radius 2 is 1.96 bits per heavy atom. The van der Waals surface area contributed by atoms with Gasteiger partial charge in [-0.15, -0.1) is 0 Å². The van der Waals surface area contributed by atoms with Crippen molar-refractivity contribution in [2.75, 3.05) is 29.9 Å². The first-order valence-electron chi connectivity index (χ1n) is 9.87.